The lowest BCUT2D eigenvalue weighted by Gasteiger charge is -2.29. The lowest BCUT2D eigenvalue weighted by Crippen LogP contribution is -2.12. The smallest absolute Gasteiger partial charge is 0.0156 e. The van der Waals surface area contributed by atoms with Gasteiger partial charge in [0.25, 0.3) is 0 Å². The molecule has 1 aliphatic rings. The zero-order valence-electron chi connectivity index (χ0n) is 12.5. The third-order valence-electron chi connectivity index (χ3n) is 4.43. The van der Waals surface area contributed by atoms with Crippen LogP contribution in [-0.2, 0) is 0 Å². The van der Waals surface area contributed by atoms with Crippen LogP contribution >= 0.6 is 0 Å². The van der Waals surface area contributed by atoms with Crippen LogP contribution in [0.15, 0.2) is 18.2 Å². The van der Waals surface area contributed by atoms with Crippen LogP contribution in [0.5, 0.6) is 0 Å². The maximum absolute atomic E-state index is 2.36. The largest absolute Gasteiger partial charge is 0.0617 e. The Hall–Kier alpha value is -0.780. The molecule has 0 aromatic heterocycles. The van der Waals surface area contributed by atoms with E-state index in [9.17, 15) is 0 Å². The highest BCUT2D eigenvalue weighted by Crippen LogP contribution is 2.40. The molecule has 1 saturated carbocycles. The van der Waals surface area contributed by atoms with Crippen molar-refractivity contribution in [1.29, 1.82) is 0 Å². The number of hydrogen-bond acceptors (Lipinski definition) is 0. The summed E-state index contributed by atoms with van der Waals surface area (Å²) in [4.78, 5) is 0. The Morgan fingerprint density at radius 2 is 1.33 bits per heavy atom. The summed E-state index contributed by atoms with van der Waals surface area (Å²) in [6, 6.07) is 6.98. The van der Waals surface area contributed by atoms with Crippen molar-refractivity contribution in [2.24, 2.45) is 0 Å². The molecule has 0 heterocycles. The fourth-order valence-corrected chi connectivity index (χ4v) is 3.47. The van der Waals surface area contributed by atoms with Crippen molar-refractivity contribution >= 4 is 0 Å². The molecule has 0 nitrogen and oxygen atoms in total. The second kappa shape index (κ2) is 5.91. The molecule has 1 fully saturated rings. The first-order valence-electron chi connectivity index (χ1n) is 7.74. The Balaban J connectivity index is 2.45. The molecule has 0 unspecified atom stereocenters. The predicted molar refractivity (Wildman–Crippen MR) is 80.4 cm³/mol. The van der Waals surface area contributed by atoms with Crippen molar-refractivity contribution in [3.63, 3.8) is 0 Å². The van der Waals surface area contributed by atoms with E-state index in [2.05, 4.69) is 45.9 Å². The molecule has 0 spiro atoms. The van der Waals surface area contributed by atoms with Crippen molar-refractivity contribution in [3.05, 3.63) is 34.9 Å². The van der Waals surface area contributed by atoms with E-state index in [0.29, 0.717) is 11.8 Å². The molecule has 100 valence electrons. The zero-order chi connectivity index (χ0) is 13.1. The van der Waals surface area contributed by atoms with Gasteiger partial charge in [-0.05, 0) is 47.3 Å². The van der Waals surface area contributed by atoms with Gasteiger partial charge in [0.05, 0.1) is 0 Å². The van der Waals surface area contributed by atoms with Gasteiger partial charge in [0.2, 0.25) is 0 Å². The molecule has 0 aliphatic heterocycles. The molecule has 0 radical (unpaired) electrons. The molecule has 1 aliphatic carbocycles. The minimum atomic E-state index is 0.653. The van der Waals surface area contributed by atoms with Gasteiger partial charge in [-0.15, -0.1) is 0 Å². The van der Waals surface area contributed by atoms with Crippen LogP contribution in [0.1, 0.15) is 94.2 Å². The van der Waals surface area contributed by atoms with E-state index in [1.165, 1.54) is 32.1 Å². The highest BCUT2D eigenvalue weighted by molar-refractivity contribution is 5.41. The van der Waals surface area contributed by atoms with Crippen LogP contribution in [0.25, 0.3) is 0 Å². The second-order valence-electron chi connectivity index (χ2n) is 6.49. The Morgan fingerprint density at radius 3 is 1.78 bits per heavy atom. The molecule has 18 heavy (non-hydrogen) atoms. The van der Waals surface area contributed by atoms with E-state index >= 15 is 0 Å². The van der Waals surface area contributed by atoms with Crippen molar-refractivity contribution in [1.82, 2.24) is 0 Å². The Morgan fingerprint density at radius 1 is 0.833 bits per heavy atom. The summed E-state index contributed by atoms with van der Waals surface area (Å²) in [6.07, 6.45) is 7.10. The van der Waals surface area contributed by atoms with Gasteiger partial charge < -0.3 is 0 Å². The van der Waals surface area contributed by atoms with Crippen molar-refractivity contribution in [2.45, 2.75) is 77.6 Å². The van der Waals surface area contributed by atoms with Crippen LogP contribution in [0, 0.1) is 0 Å². The summed E-state index contributed by atoms with van der Waals surface area (Å²) in [5, 5.41) is 0. The molecule has 0 amide bonds. The van der Waals surface area contributed by atoms with Crippen molar-refractivity contribution in [3.8, 4) is 0 Å². The monoisotopic (exact) mass is 244 g/mol. The molecule has 0 bridgehead atoms. The molecule has 1 aromatic rings. The first-order chi connectivity index (χ1) is 8.61. The highest BCUT2D eigenvalue weighted by Gasteiger charge is 2.23. The molecule has 0 saturated heterocycles. The molecular formula is C18H28. The quantitative estimate of drug-likeness (QED) is 0.613. The lowest BCUT2D eigenvalue weighted by molar-refractivity contribution is 0.437. The minimum absolute atomic E-state index is 0.653. The van der Waals surface area contributed by atoms with E-state index in [1.54, 1.807) is 16.7 Å². The SMILES string of the molecule is CC(C)c1cccc(C(C)C)c1C1CCCCC1. The average molecular weight is 244 g/mol. The fourth-order valence-electron chi connectivity index (χ4n) is 3.47. The fraction of sp³-hybridized carbons (Fsp3) is 0.667. The van der Waals surface area contributed by atoms with Gasteiger partial charge >= 0.3 is 0 Å². The van der Waals surface area contributed by atoms with Crippen molar-refractivity contribution in [2.75, 3.05) is 0 Å². The standard InChI is InChI=1S/C18H28/c1-13(2)16-11-8-12-17(14(3)4)18(16)15-9-6-5-7-10-15/h8,11-15H,5-7,9-10H2,1-4H3. The Bertz CT molecular complexity index is 355. The topological polar surface area (TPSA) is 0 Å². The van der Waals surface area contributed by atoms with Gasteiger partial charge in [0.15, 0.2) is 0 Å². The first-order valence-corrected chi connectivity index (χ1v) is 7.74. The Kier molecular flexibility index (Phi) is 4.48. The van der Waals surface area contributed by atoms with Crippen LogP contribution in [0.2, 0.25) is 0 Å². The number of hydrogen-bond donors (Lipinski definition) is 0. The summed E-state index contributed by atoms with van der Waals surface area (Å²) in [6.45, 7) is 9.36. The van der Waals surface area contributed by atoms with Gasteiger partial charge in [-0.25, -0.2) is 0 Å². The maximum Gasteiger partial charge on any atom is -0.0156 e. The summed E-state index contributed by atoms with van der Waals surface area (Å²) in [5.41, 5.74) is 4.92. The van der Waals surface area contributed by atoms with Crippen LogP contribution in [0.3, 0.4) is 0 Å². The number of rotatable bonds is 3. The number of benzene rings is 1. The third-order valence-corrected chi connectivity index (χ3v) is 4.43. The normalized spacial score (nSPS) is 17.7. The second-order valence-corrected chi connectivity index (χ2v) is 6.49. The molecule has 0 atom stereocenters. The van der Waals surface area contributed by atoms with E-state index in [4.69, 9.17) is 0 Å². The maximum atomic E-state index is 2.36. The molecule has 0 N–H and O–H groups in total. The van der Waals surface area contributed by atoms with Gasteiger partial charge in [0, 0.05) is 0 Å². The summed E-state index contributed by atoms with van der Waals surface area (Å²) >= 11 is 0. The predicted octanol–water partition coefficient (Wildman–Crippen LogP) is 5.98. The van der Waals surface area contributed by atoms with Gasteiger partial charge in [-0.2, -0.15) is 0 Å². The zero-order valence-corrected chi connectivity index (χ0v) is 12.5. The van der Waals surface area contributed by atoms with Gasteiger partial charge in [0.1, 0.15) is 0 Å². The van der Waals surface area contributed by atoms with Gasteiger partial charge in [-0.1, -0.05) is 65.2 Å². The average Bonchev–Trinajstić information content (AvgIpc) is 2.38. The minimum Gasteiger partial charge on any atom is -0.0617 e. The van der Waals surface area contributed by atoms with Crippen molar-refractivity contribution < 1.29 is 0 Å². The van der Waals surface area contributed by atoms with Crippen LogP contribution in [0.4, 0.5) is 0 Å². The van der Waals surface area contributed by atoms with Crippen LogP contribution < -0.4 is 0 Å². The molecule has 2 rings (SSSR count). The highest BCUT2D eigenvalue weighted by atomic mass is 14.3. The lowest BCUT2D eigenvalue weighted by atomic mass is 9.76. The van der Waals surface area contributed by atoms with E-state index in [0.717, 1.165) is 5.92 Å². The van der Waals surface area contributed by atoms with Crippen LogP contribution in [-0.4, -0.2) is 0 Å². The summed E-state index contributed by atoms with van der Waals surface area (Å²) in [7, 11) is 0. The van der Waals surface area contributed by atoms with Gasteiger partial charge in [-0.3, -0.25) is 0 Å². The van der Waals surface area contributed by atoms with E-state index in [-0.39, 0.29) is 0 Å². The Labute approximate surface area is 113 Å². The van der Waals surface area contributed by atoms with E-state index < -0.39 is 0 Å². The molecular weight excluding hydrogens is 216 g/mol. The first kappa shape index (κ1) is 13.6. The summed E-state index contributed by atoms with van der Waals surface area (Å²) < 4.78 is 0. The third kappa shape index (κ3) is 2.79. The molecule has 0 heteroatoms. The molecule has 1 aromatic carbocycles. The summed E-state index contributed by atoms with van der Waals surface area (Å²) in [5.74, 6) is 2.14. The van der Waals surface area contributed by atoms with E-state index in [1.807, 2.05) is 0 Å².